The third kappa shape index (κ3) is 3.70. The number of aromatic hydroxyl groups is 1. The van der Waals surface area contributed by atoms with Gasteiger partial charge in [-0.25, -0.2) is 0 Å². The van der Waals surface area contributed by atoms with E-state index >= 15 is 0 Å². The monoisotopic (exact) mass is 271 g/mol. The molecule has 0 aliphatic rings. The van der Waals surface area contributed by atoms with Crippen molar-refractivity contribution in [2.24, 2.45) is 5.73 Å². The Hall–Kier alpha value is -0.190. The Morgan fingerprint density at radius 1 is 1.33 bits per heavy atom. The molecule has 0 amide bonds. The van der Waals surface area contributed by atoms with E-state index in [1.54, 1.807) is 6.07 Å². The van der Waals surface area contributed by atoms with Crippen LogP contribution in [0.2, 0.25) is 10.0 Å². The molecule has 0 saturated heterocycles. The number of hydrogen-bond donors (Lipinski definition) is 3. The predicted octanol–water partition coefficient (Wildman–Crippen LogP) is 2.50. The maximum atomic E-state index is 9.57. The maximum Gasteiger partial charge on any atom is 0.139 e. The Balaban J connectivity index is 0.00000196. The molecule has 0 fully saturated rings. The summed E-state index contributed by atoms with van der Waals surface area (Å²) in [5.74, 6) is -0.0722. The van der Waals surface area contributed by atoms with E-state index in [1.165, 1.54) is 6.07 Å². The maximum absolute atomic E-state index is 9.57. The van der Waals surface area contributed by atoms with Crippen LogP contribution < -0.4 is 5.73 Å². The summed E-state index contributed by atoms with van der Waals surface area (Å²) in [4.78, 5) is 0. The van der Waals surface area contributed by atoms with Gasteiger partial charge in [0.05, 0.1) is 5.02 Å². The molecule has 1 rings (SSSR count). The minimum absolute atomic E-state index is 0. The number of hydrogen-bond acceptors (Lipinski definition) is 3. The first-order valence-electron chi connectivity index (χ1n) is 4.10. The van der Waals surface area contributed by atoms with Gasteiger partial charge in [-0.05, 0) is 18.6 Å². The number of phenolic OH excluding ortho intramolecular Hbond substituents is 1. The number of nitrogens with two attached hydrogens (primary N) is 1. The first-order chi connectivity index (χ1) is 6.56. The van der Waals surface area contributed by atoms with Crippen LogP contribution in [0.15, 0.2) is 12.1 Å². The molecule has 0 spiro atoms. The van der Waals surface area contributed by atoms with Crippen molar-refractivity contribution >= 4 is 35.6 Å². The van der Waals surface area contributed by atoms with Crippen molar-refractivity contribution in [3.05, 3.63) is 27.7 Å². The number of aliphatic hydroxyl groups is 1. The highest BCUT2D eigenvalue weighted by atomic mass is 35.5. The van der Waals surface area contributed by atoms with Crippen molar-refractivity contribution in [3.8, 4) is 5.75 Å². The van der Waals surface area contributed by atoms with Crippen LogP contribution in [0.4, 0.5) is 0 Å². The van der Waals surface area contributed by atoms with E-state index in [0.29, 0.717) is 17.0 Å². The summed E-state index contributed by atoms with van der Waals surface area (Å²) in [5, 5.41) is 18.8. The van der Waals surface area contributed by atoms with E-state index in [-0.39, 0.29) is 29.8 Å². The van der Waals surface area contributed by atoms with Gasteiger partial charge in [-0.1, -0.05) is 23.2 Å². The molecule has 86 valence electrons. The summed E-state index contributed by atoms with van der Waals surface area (Å²) in [6.45, 7) is -0.0509. The predicted molar refractivity (Wildman–Crippen MR) is 64.0 cm³/mol. The van der Waals surface area contributed by atoms with Crippen LogP contribution in [0.5, 0.6) is 5.75 Å². The second-order valence-corrected chi connectivity index (χ2v) is 3.79. The van der Waals surface area contributed by atoms with Gasteiger partial charge in [0.25, 0.3) is 0 Å². The van der Waals surface area contributed by atoms with E-state index in [1.807, 2.05) is 0 Å². The van der Waals surface area contributed by atoms with Crippen molar-refractivity contribution in [1.29, 1.82) is 0 Å². The Morgan fingerprint density at radius 2 is 1.93 bits per heavy atom. The molecule has 0 bridgehead atoms. The largest absolute Gasteiger partial charge is 0.506 e. The van der Waals surface area contributed by atoms with Gasteiger partial charge in [0.2, 0.25) is 0 Å². The summed E-state index contributed by atoms with van der Waals surface area (Å²) in [7, 11) is 0. The quantitative estimate of drug-likeness (QED) is 0.792. The minimum Gasteiger partial charge on any atom is -0.506 e. The fraction of sp³-hybridized carbons (Fsp3) is 0.333. The minimum atomic E-state index is -0.462. The Morgan fingerprint density at radius 3 is 2.47 bits per heavy atom. The number of phenols is 1. The second kappa shape index (κ2) is 6.40. The van der Waals surface area contributed by atoms with Gasteiger partial charge in [0.1, 0.15) is 5.75 Å². The number of aliphatic hydroxyl groups excluding tert-OH is 1. The van der Waals surface area contributed by atoms with Crippen LogP contribution in [-0.4, -0.2) is 16.8 Å². The molecule has 1 aromatic rings. The number of rotatable bonds is 3. The summed E-state index contributed by atoms with van der Waals surface area (Å²) in [6, 6.07) is 2.52. The van der Waals surface area contributed by atoms with Crippen LogP contribution in [0.3, 0.4) is 0 Å². The first kappa shape index (κ1) is 14.8. The van der Waals surface area contributed by atoms with Gasteiger partial charge in [-0.15, -0.1) is 12.4 Å². The molecule has 0 saturated carbocycles. The molecule has 0 aromatic heterocycles. The Kier molecular flexibility index (Phi) is 6.32. The average molecular weight is 273 g/mol. The first-order valence-corrected chi connectivity index (χ1v) is 4.86. The third-order valence-electron chi connectivity index (χ3n) is 1.90. The zero-order chi connectivity index (χ0) is 10.7. The van der Waals surface area contributed by atoms with Crippen molar-refractivity contribution < 1.29 is 10.2 Å². The summed E-state index contributed by atoms with van der Waals surface area (Å²) < 4.78 is 0. The zero-order valence-electron chi connectivity index (χ0n) is 7.78. The van der Waals surface area contributed by atoms with Gasteiger partial charge >= 0.3 is 0 Å². The van der Waals surface area contributed by atoms with Crippen molar-refractivity contribution in [2.75, 3.05) is 6.61 Å². The lowest BCUT2D eigenvalue weighted by molar-refractivity contribution is 0.275. The normalized spacial score (nSPS) is 12.0. The Labute approximate surface area is 104 Å². The molecule has 1 atom stereocenters. The molecule has 1 aromatic carbocycles. The van der Waals surface area contributed by atoms with E-state index in [0.717, 1.165) is 0 Å². The van der Waals surface area contributed by atoms with E-state index in [4.69, 9.17) is 34.0 Å². The molecule has 0 radical (unpaired) electrons. The van der Waals surface area contributed by atoms with E-state index < -0.39 is 6.04 Å². The summed E-state index contributed by atoms with van der Waals surface area (Å²) in [6.07, 6.45) is 0.351. The van der Waals surface area contributed by atoms with Gasteiger partial charge < -0.3 is 15.9 Å². The van der Waals surface area contributed by atoms with Crippen molar-refractivity contribution in [2.45, 2.75) is 12.5 Å². The summed E-state index contributed by atoms with van der Waals surface area (Å²) >= 11 is 11.5. The number of benzene rings is 1. The van der Waals surface area contributed by atoms with Crippen molar-refractivity contribution in [3.63, 3.8) is 0 Å². The van der Waals surface area contributed by atoms with Crippen LogP contribution in [-0.2, 0) is 0 Å². The fourth-order valence-corrected chi connectivity index (χ4v) is 1.67. The molecule has 15 heavy (non-hydrogen) atoms. The molecule has 0 aliphatic carbocycles. The molecule has 0 unspecified atom stereocenters. The topological polar surface area (TPSA) is 66.5 Å². The standard InChI is InChI=1S/C9H11Cl2NO2.ClH/c10-5-3-6(8(12)1-2-13)9(14)7(11)4-5;/h3-4,8,13-14H,1-2,12H2;1H/t8-;/m1./s1. The van der Waals surface area contributed by atoms with Crippen LogP contribution in [0, 0.1) is 0 Å². The van der Waals surface area contributed by atoms with E-state index in [9.17, 15) is 5.11 Å². The number of halogens is 3. The molecule has 0 aliphatic heterocycles. The highest BCUT2D eigenvalue weighted by Gasteiger charge is 2.14. The van der Waals surface area contributed by atoms with Crippen LogP contribution in [0.1, 0.15) is 18.0 Å². The van der Waals surface area contributed by atoms with Gasteiger partial charge in [-0.3, -0.25) is 0 Å². The molecule has 0 heterocycles. The van der Waals surface area contributed by atoms with E-state index in [2.05, 4.69) is 0 Å². The smallest absolute Gasteiger partial charge is 0.139 e. The summed E-state index contributed by atoms with van der Waals surface area (Å²) in [5.41, 5.74) is 6.16. The molecule has 3 nitrogen and oxygen atoms in total. The van der Waals surface area contributed by atoms with Crippen molar-refractivity contribution in [1.82, 2.24) is 0 Å². The third-order valence-corrected chi connectivity index (χ3v) is 2.40. The van der Waals surface area contributed by atoms with Gasteiger partial charge in [0, 0.05) is 23.2 Å². The lowest BCUT2D eigenvalue weighted by Crippen LogP contribution is -2.12. The highest BCUT2D eigenvalue weighted by Crippen LogP contribution is 2.34. The SMILES string of the molecule is Cl.N[C@H](CCO)c1cc(Cl)cc(Cl)c1O. The molecule has 6 heteroatoms. The molecular formula is C9H12Cl3NO2. The average Bonchev–Trinajstić information content (AvgIpc) is 2.11. The lowest BCUT2D eigenvalue weighted by Gasteiger charge is -2.13. The fourth-order valence-electron chi connectivity index (χ4n) is 1.16. The van der Waals surface area contributed by atoms with Crippen LogP contribution >= 0.6 is 35.6 Å². The van der Waals surface area contributed by atoms with Crippen LogP contribution in [0.25, 0.3) is 0 Å². The zero-order valence-corrected chi connectivity index (χ0v) is 10.1. The highest BCUT2D eigenvalue weighted by molar-refractivity contribution is 6.35. The van der Waals surface area contributed by atoms with Gasteiger partial charge in [0.15, 0.2) is 0 Å². The molecule has 4 N–H and O–H groups in total. The Bertz CT molecular complexity index is 333. The molecular weight excluding hydrogens is 260 g/mol. The van der Waals surface area contributed by atoms with Gasteiger partial charge in [-0.2, -0.15) is 0 Å². The lowest BCUT2D eigenvalue weighted by atomic mass is 10.0. The second-order valence-electron chi connectivity index (χ2n) is 2.94.